The summed E-state index contributed by atoms with van der Waals surface area (Å²) in [5.74, 6) is -0.814. The highest BCUT2D eigenvalue weighted by molar-refractivity contribution is 5.99. The quantitative estimate of drug-likeness (QED) is 0.761. The van der Waals surface area contributed by atoms with Crippen LogP contribution in [-0.2, 0) is 20.7 Å². The Bertz CT molecular complexity index is 985. The van der Waals surface area contributed by atoms with Gasteiger partial charge < -0.3 is 9.30 Å². The second kappa shape index (κ2) is 6.89. The van der Waals surface area contributed by atoms with Gasteiger partial charge in [0.2, 0.25) is 0 Å². The summed E-state index contributed by atoms with van der Waals surface area (Å²) in [6.45, 7) is 8.09. The highest BCUT2D eigenvalue weighted by Crippen LogP contribution is 2.42. The van der Waals surface area contributed by atoms with Crippen LogP contribution < -0.4 is 0 Å². The van der Waals surface area contributed by atoms with E-state index in [1.54, 1.807) is 6.92 Å². The Morgan fingerprint density at radius 2 is 1.96 bits per heavy atom. The average Bonchev–Trinajstić information content (AvgIpc) is 3.02. The number of esters is 1. The predicted molar refractivity (Wildman–Crippen MR) is 110 cm³/mol. The second-order valence-electron chi connectivity index (χ2n) is 8.43. The summed E-state index contributed by atoms with van der Waals surface area (Å²) in [5.41, 5.74) is 5.04. The molecule has 1 aromatic heterocycles. The average molecular weight is 380 g/mol. The molecule has 4 rings (SSSR count). The number of likely N-dealkylation sites (N-methyl/N-ethyl adjacent to an activating group) is 1. The van der Waals surface area contributed by atoms with Crippen molar-refractivity contribution in [2.45, 2.75) is 52.3 Å². The molecule has 0 bridgehead atoms. The number of aromatic nitrogens is 1. The molecule has 5 heteroatoms. The van der Waals surface area contributed by atoms with E-state index in [2.05, 4.69) is 60.8 Å². The molecule has 2 heterocycles. The Hall–Kier alpha value is -2.40. The number of carbonyl (C=O) groups is 2. The second-order valence-corrected chi connectivity index (χ2v) is 8.43. The molecule has 2 aliphatic rings. The van der Waals surface area contributed by atoms with Crippen molar-refractivity contribution < 1.29 is 14.3 Å². The fourth-order valence-corrected chi connectivity index (χ4v) is 4.50. The lowest BCUT2D eigenvalue weighted by Crippen LogP contribution is -2.45. The molecule has 0 spiro atoms. The van der Waals surface area contributed by atoms with Crippen LogP contribution in [0.25, 0.3) is 16.5 Å². The summed E-state index contributed by atoms with van der Waals surface area (Å²) in [7, 11) is 2.07. The molecule has 0 saturated carbocycles. The first-order valence-corrected chi connectivity index (χ1v) is 10.0. The van der Waals surface area contributed by atoms with E-state index < -0.39 is 6.10 Å². The minimum absolute atomic E-state index is 0.134. The largest absolute Gasteiger partial charge is 0.454 e. The summed E-state index contributed by atoms with van der Waals surface area (Å²) in [4.78, 5) is 26.4. The van der Waals surface area contributed by atoms with Crippen molar-refractivity contribution in [1.29, 1.82) is 0 Å². The molecule has 0 saturated heterocycles. The zero-order valence-corrected chi connectivity index (χ0v) is 17.2. The molecule has 0 N–H and O–H groups in total. The lowest BCUT2D eigenvalue weighted by Gasteiger charge is -2.39. The molecule has 2 aromatic rings. The maximum atomic E-state index is 12.7. The summed E-state index contributed by atoms with van der Waals surface area (Å²) in [5, 5.41) is 1.30. The number of fused-ring (bicyclic) bond motifs is 2. The van der Waals surface area contributed by atoms with Gasteiger partial charge in [0.15, 0.2) is 11.9 Å². The monoisotopic (exact) mass is 380 g/mol. The highest BCUT2D eigenvalue weighted by atomic mass is 16.5. The van der Waals surface area contributed by atoms with Gasteiger partial charge in [-0.05, 0) is 63.9 Å². The van der Waals surface area contributed by atoms with Gasteiger partial charge >= 0.3 is 5.97 Å². The third-order valence-corrected chi connectivity index (χ3v) is 6.14. The molecule has 0 amide bonds. The van der Waals surface area contributed by atoms with Gasteiger partial charge in [0.25, 0.3) is 0 Å². The van der Waals surface area contributed by atoms with E-state index in [1.807, 2.05) is 0 Å². The van der Waals surface area contributed by atoms with Gasteiger partial charge in [0.05, 0.1) is 5.92 Å². The highest BCUT2D eigenvalue weighted by Gasteiger charge is 2.37. The number of rotatable bonds is 4. The number of nitrogens with zero attached hydrogens (tertiary/aromatic N) is 2. The molecule has 3 atom stereocenters. The van der Waals surface area contributed by atoms with Crippen LogP contribution in [0.15, 0.2) is 30.5 Å². The number of hydrogen-bond donors (Lipinski definition) is 0. The topological polar surface area (TPSA) is 51.5 Å². The standard InChI is InChI=1S/C23H28N2O3/c1-13(2)25-12-16-10-21-19(18-7-6-8-20(25)22(16)18)9-17(11-24(21)5)23(27)28-15(4)14(3)26/h6-9,12-13,15,17,21H,10-11H2,1-5H3/t15-,17+,21+/m0/s1. The SMILES string of the molecule is CC(=O)[C@H](C)OC(=O)[C@@H]1C=C2c3cccc4c3c(cn4C(C)C)C[C@H]2N(C)C1. The summed E-state index contributed by atoms with van der Waals surface area (Å²) in [6.07, 6.45) is 4.61. The Balaban J connectivity index is 1.77. The van der Waals surface area contributed by atoms with E-state index in [9.17, 15) is 9.59 Å². The molecule has 28 heavy (non-hydrogen) atoms. The first-order valence-electron chi connectivity index (χ1n) is 10.0. The van der Waals surface area contributed by atoms with Gasteiger partial charge in [-0.15, -0.1) is 0 Å². The molecule has 1 aromatic carbocycles. The first-order chi connectivity index (χ1) is 13.3. The number of benzene rings is 1. The zero-order valence-electron chi connectivity index (χ0n) is 17.2. The normalized spacial score (nSPS) is 22.7. The molecule has 5 nitrogen and oxygen atoms in total. The minimum atomic E-state index is -0.699. The van der Waals surface area contributed by atoms with Crippen molar-refractivity contribution in [1.82, 2.24) is 9.47 Å². The lowest BCUT2D eigenvalue weighted by atomic mass is 9.80. The van der Waals surface area contributed by atoms with Crippen LogP contribution in [0, 0.1) is 5.92 Å². The first kappa shape index (κ1) is 18.9. The lowest BCUT2D eigenvalue weighted by molar-refractivity contribution is -0.156. The smallest absolute Gasteiger partial charge is 0.314 e. The number of ketones is 1. The number of carbonyl (C=O) groups excluding carboxylic acids is 2. The van der Waals surface area contributed by atoms with Crippen molar-refractivity contribution in [3.63, 3.8) is 0 Å². The van der Waals surface area contributed by atoms with E-state index in [1.165, 1.54) is 34.5 Å². The van der Waals surface area contributed by atoms with Gasteiger partial charge in [0, 0.05) is 35.7 Å². The van der Waals surface area contributed by atoms with Crippen LogP contribution in [0.5, 0.6) is 0 Å². The van der Waals surface area contributed by atoms with Crippen molar-refractivity contribution in [2.75, 3.05) is 13.6 Å². The van der Waals surface area contributed by atoms with Gasteiger partial charge in [-0.25, -0.2) is 0 Å². The van der Waals surface area contributed by atoms with Crippen LogP contribution >= 0.6 is 0 Å². The molecule has 148 valence electrons. The van der Waals surface area contributed by atoms with E-state index in [0.717, 1.165) is 6.42 Å². The molecule has 0 fully saturated rings. The van der Waals surface area contributed by atoms with E-state index >= 15 is 0 Å². The van der Waals surface area contributed by atoms with Gasteiger partial charge in [-0.3, -0.25) is 14.5 Å². The number of Topliss-reactive ketones (excluding diaryl/α,β-unsaturated/α-hetero) is 1. The van der Waals surface area contributed by atoms with Crippen LogP contribution in [-0.4, -0.2) is 47.0 Å². The summed E-state index contributed by atoms with van der Waals surface area (Å²) >= 11 is 0. The Morgan fingerprint density at radius 3 is 2.64 bits per heavy atom. The molecular formula is C23H28N2O3. The fourth-order valence-electron chi connectivity index (χ4n) is 4.50. The van der Waals surface area contributed by atoms with Crippen LogP contribution in [0.1, 0.15) is 44.9 Å². The van der Waals surface area contributed by atoms with Crippen molar-refractivity contribution in [3.05, 3.63) is 41.6 Å². The Labute approximate surface area is 166 Å². The van der Waals surface area contributed by atoms with Crippen molar-refractivity contribution in [2.24, 2.45) is 5.92 Å². The van der Waals surface area contributed by atoms with E-state index in [0.29, 0.717) is 12.6 Å². The summed E-state index contributed by atoms with van der Waals surface area (Å²) < 4.78 is 7.73. The van der Waals surface area contributed by atoms with E-state index in [4.69, 9.17) is 4.74 Å². The molecular weight excluding hydrogens is 352 g/mol. The fraction of sp³-hybridized carbons (Fsp3) is 0.478. The zero-order chi connectivity index (χ0) is 20.2. The van der Waals surface area contributed by atoms with E-state index in [-0.39, 0.29) is 23.7 Å². The molecule has 0 unspecified atom stereocenters. The maximum absolute atomic E-state index is 12.7. The van der Waals surface area contributed by atoms with Gasteiger partial charge in [-0.2, -0.15) is 0 Å². The maximum Gasteiger partial charge on any atom is 0.314 e. The number of ether oxygens (including phenoxy) is 1. The van der Waals surface area contributed by atoms with Crippen LogP contribution in [0.3, 0.4) is 0 Å². The Kier molecular flexibility index (Phi) is 4.66. The number of hydrogen-bond acceptors (Lipinski definition) is 4. The molecule has 0 radical (unpaired) electrons. The van der Waals surface area contributed by atoms with Gasteiger partial charge in [-0.1, -0.05) is 18.2 Å². The van der Waals surface area contributed by atoms with Crippen molar-refractivity contribution >= 4 is 28.2 Å². The minimum Gasteiger partial charge on any atom is -0.454 e. The third-order valence-electron chi connectivity index (χ3n) is 6.14. The predicted octanol–water partition coefficient (Wildman–Crippen LogP) is 3.61. The molecule has 1 aliphatic heterocycles. The van der Waals surface area contributed by atoms with Gasteiger partial charge in [0.1, 0.15) is 0 Å². The molecule has 1 aliphatic carbocycles. The van der Waals surface area contributed by atoms with Crippen LogP contribution in [0.2, 0.25) is 0 Å². The third kappa shape index (κ3) is 2.98. The Morgan fingerprint density at radius 1 is 1.21 bits per heavy atom. The van der Waals surface area contributed by atoms with Crippen molar-refractivity contribution in [3.8, 4) is 0 Å². The summed E-state index contributed by atoms with van der Waals surface area (Å²) in [6, 6.07) is 7.10. The van der Waals surface area contributed by atoms with Crippen LogP contribution in [0.4, 0.5) is 0 Å².